The van der Waals surface area contributed by atoms with Gasteiger partial charge in [0.25, 0.3) is 0 Å². The molecule has 3 aromatic rings. The van der Waals surface area contributed by atoms with Crippen LogP contribution in [-0.4, -0.2) is 21.3 Å². The van der Waals surface area contributed by atoms with Gasteiger partial charge >= 0.3 is 0 Å². The highest BCUT2D eigenvalue weighted by Gasteiger charge is 2.14. The minimum atomic E-state index is -0.324. The summed E-state index contributed by atoms with van der Waals surface area (Å²) in [6.07, 6.45) is 1.76. The van der Waals surface area contributed by atoms with Crippen LogP contribution in [0, 0.1) is 20.7 Å². The number of benzene rings is 3. The quantitative estimate of drug-likeness (QED) is 0.195. The summed E-state index contributed by atoms with van der Waals surface area (Å²) in [5.41, 5.74) is 2.35. The molecule has 5 nitrogen and oxygen atoms in total. The van der Waals surface area contributed by atoms with Gasteiger partial charge < -0.3 is 18.9 Å². The summed E-state index contributed by atoms with van der Waals surface area (Å²) in [6.45, 7) is 0.0727. The molecule has 0 N–H and O–H groups in total. The van der Waals surface area contributed by atoms with Crippen LogP contribution < -0.4 is 18.9 Å². The molecule has 164 valence electrons. The third kappa shape index (κ3) is 5.32. The highest BCUT2D eigenvalue weighted by molar-refractivity contribution is 14.1. The number of nitriles is 1. The Labute approximate surface area is 200 Å². The van der Waals surface area contributed by atoms with Crippen molar-refractivity contribution < 1.29 is 23.3 Å². The maximum absolute atomic E-state index is 13.9. The summed E-state index contributed by atoms with van der Waals surface area (Å²) in [7, 11) is 4.64. The third-order valence-corrected chi connectivity index (χ3v) is 5.51. The summed E-state index contributed by atoms with van der Waals surface area (Å²) in [6, 6.07) is 17.6. The van der Waals surface area contributed by atoms with Crippen LogP contribution >= 0.6 is 22.6 Å². The molecule has 0 radical (unpaired) electrons. The van der Waals surface area contributed by atoms with Gasteiger partial charge in [-0.2, -0.15) is 5.26 Å². The van der Waals surface area contributed by atoms with Gasteiger partial charge in [0.05, 0.1) is 36.5 Å². The van der Waals surface area contributed by atoms with Gasteiger partial charge in [-0.3, -0.25) is 0 Å². The molecular weight excluding hydrogens is 524 g/mol. The van der Waals surface area contributed by atoms with Crippen molar-refractivity contribution >= 4 is 34.2 Å². The second-order valence-electron chi connectivity index (χ2n) is 6.65. The molecule has 0 heterocycles. The van der Waals surface area contributed by atoms with Gasteiger partial charge in [-0.15, -0.1) is 0 Å². The van der Waals surface area contributed by atoms with Crippen molar-refractivity contribution in [3.8, 4) is 29.1 Å². The fourth-order valence-electron chi connectivity index (χ4n) is 3.08. The van der Waals surface area contributed by atoms with Gasteiger partial charge in [-0.25, -0.2) is 4.39 Å². The maximum Gasteiger partial charge on any atom is 0.174 e. The van der Waals surface area contributed by atoms with Crippen molar-refractivity contribution in [3.05, 3.63) is 80.7 Å². The molecule has 0 saturated carbocycles. The molecule has 0 aliphatic heterocycles. The van der Waals surface area contributed by atoms with Crippen LogP contribution in [0.1, 0.15) is 16.7 Å². The van der Waals surface area contributed by atoms with E-state index < -0.39 is 0 Å². The van der Waals surface area contributed by atoms with E-state index in [-0.39, 0.29) is 12.4 Å². The van der Waals surface area contributed by atoms with Crippen LogP contribution in [0.4, 0.5) is 4.39 Å². The van der Waals surface area contributed by atoms with Crippen LogP contribution in [0.2, 0.25) is 0 Å². The third-order valence-electron chi connectivity index (χ3n) is 4.71. The molecule has 0 aliphatic rings. The molecule has 0 aromatic heterocycles. The Balaban J connectivity index is 1.93. The van der Waals surface area contributed by atoms with Gasteiger partial charge in [0.1, 0.15) is 12.4 Å². The number of methoxy groups -OCH3 is 3. The van der Waals surface area contributed by atoms with Crippen LogP contribution in [-0.2, 0) is 6.61 Å². The fraction of sp³-hybridized carbons (Fsp3) is 0.160. The van der Waals surface area contributed by atoms with Gasteiger partial charge in [-0.1, -0.05) is 18.2 Å². The lowest BCUT2D eigenvalue weighted by Gasteiger charge is -2.14. The predicted octanol–water partition coefficient (Wildman–Crippen LogP) is 6.10. The molecule has 0 amide bonds. The molecule has 0 spiro atoms. The normalized spacial score (nSPS) is 10.9. The Bertz CT molecular complexity index is 1190. The zero-order valence-electron chi connectivity index (χ0n) is 17.8. The topological polar surface area (TPSA) is 60.7 Å². The van der Waals surface area contributed by atoms with Crippen molar-refractivity contribution in [2.24, 2.45) is 0 Å². The molecule has 0 fully saturated rings. The Morgan fingerprint density at radius 1 is 0.969 bits per heavy atom. The largest absolute Gasteiger partial charge is 0.493 e. The smallest absolute Gasteiger partial charge is 0.174 e. The van der Waals surface area contributed by atoms with Crippen LogP contribution in [0.3, 0.4) is 0 Å². The summed E-state index contributed by atoms with van der Waals surface area (Å²) in [5.74, 6) is 1.80. The molecule has 0 bridgehead atoms. The number of halogens is 2. The minimum Gasteiger partial charge on any atom is -0.493 e. The Kier molecular flexibility index (Phi) is 7.95. The maximum atomic E-state index is 13.9. The number of hydrogen-bond donors (Lipinski definition) is 0. The number of rotatable bonds is 8. The van der Waals surface area contributed by atoms with E-state index >= 15 is 0 Å². The van der Waals surface area contributed by atoms with Crippen LogP contribution in [0.25, 0.3) is 11.6 Å². The van der Waals surface area contributed by atoms with E-state index in [0.29, 0.717) is 39.7 Å². The first kappa shape index (κ1) is 23.4. The molecule has 7 heteroatoms. The average Bonchev–Trinajstić information content (AvgIpc) is 2.82. The summed E-state index contributed by atoms with van der Waals surface area (Å²) < 4.78 is 36.7. The highest BCUT2D eigenvalue weighted by atomic mass is 127. The molecule has 0 unspecified atom stereocenters. The monoisotopic (exact) mass is 545 g/mol. The SMILES string of the molecule is COc1ccc(/C(C#N)=C/c2cc(I)c(OCc3ccccc3F)c(OC)c2)cc1OC. The van der Waals surface area contributed by atoms with Gasteiger partial charge in [-0.05, 0) is 76.2 Å². The first-order valence-corrected chi connectivity index (χ1v) is 10.7. The summed E-state index contributed by atoms with van der Waals surface area (Å²) in [4.78, 5) is 0. The number of ether oxygens (including phenoxy) is 4. The molecule has 0 aliphatic carbocycles. The summed E-state index contributed by atoms with van der Waals surface area (Å²) in [5, 5.41) is 9.73. The van der Waals surface area contributed by atoms with Gasteiger partial charge in [0.2, 0.25) is 0 Å². The zero-order valence-corrected chi connectivity index (χ0v) is 20.0. The zero-order chi connectivity index (χ0) is 23.1. The molecular formula is C25H21FINO4. The molecule has 3 aromatic carbocycles. The lowest BCUT2D eigenvalue weighted by atomic mass is 10.0. The van der Waals surface area contributed by atoms with E-state index in [1.165, 1.54) is 13.2 Å². The van der Waals surface area contributed by atoms with Crippen molar-refractivity contribution in [2.45, 2.75) is 6.61 Å². The van der Waals surface area contributed by atoms with Crippen molar-refractivity contribution in [1.29, 1.82) is 5.26 Å². The molecule has 32 heavy (non-hydrogen) atoms. The standard InChI is InChI=1S/C25H21FINO4/c1-29-22-9-8-17(13-23(22)30-2)19(14-28)10-16-11-21(27)25(24(12-16)31-3)32-15-18-6-4-5-7-20(18)26/h4-13H,15H2,1-3H3/b19-10+. The minimum absolute atomic E-state index is 0.0727. The van der Waals surface area contributed by atoms with Gasteiger partial charge in [0, 0.05) is 5.56 Å². The van der Waals surface area contributed by atoms with Gasteiger partial charge in [0.15, 0.2) is 23.0 Å². The van der Waals surface area contributed by atoms with E-state index in [4.69, 9.17) is 18.9 Å². The second kappa shape index (κ2) is 10.9. The predicted molar refractivity (Wildman–Crippen MR) is 129 cm³/mol. The summed E-state index contributed by atoms with van der Waals surface area (Å²) >= 11 is 2.13. The molecule has 0 saturated heterocycles. The van der Waals surface area contributed by atoms with Crippen molar-refractivity contribution in [2.75, 3.05) is 21.3 Å². The van der Waals surface area contributed by atoms with E-state index in [0.717, 1.165) is 9.13 Å². The highest BCUT2D eigenvalue weighted by Crippen LogP contribution is 2.36. The van der Waals surface area contributed by atoms with E-state index in [1.54, 1.807) is 62.8 Å². The van der Waals surface area contributed by atoms with Crippen molar-refractivity contribution in [3.63, 3.8) is 0 Å². The Hall–Kier alpha value is -3.25. The Morgan fingerprint density at radius 2 is 1.69 bits per heavy atom. The second-order valence-corrected chi connectivity index (χ2v) is 7.82. The molecule has 3 rings (SSSR count). The number of hydrogen-bond acceptors (Lipinski definition) is 5. The average molecular weight is 545 g/mol. The Morgan fingerprint density at radius 3 is 2.34 bits per heavy atom. The lowest BCUT2D eigenvalue weighted by Crippen LogP contribution is -2.02. The first-order valence-electron chi connectivity index (χ1n) is 9.58. The fourth-order valence-corrected chi connectivity index (χ4v) is 3.86. The number of nitrogens with zero attached hydrogens (tertiary/aromatic N) is 1. The van der Waals surface area contributed by atoms with Crippen molar-refractivity contribution in [1.82, 2.24) is 0 Å². The van der Waals surface area contributed by atoms with E-state index in [1.807, 2.05) is 6.07 Å². The van der Waals surface area contributed by atoms with E-state index in [2.05, 4.69) is 28.7 Å². The van der Waals surface area contributed by atoms with E-state index in [9.17, 15) is 9.65 Å². The van der Waals surface area contributed by atoms with Crippen LogP contribution in [0.15, 0.2) is 54.6 Å². The first-order chi connectivity index (χ1) is 15.5. The number of allylic oxidation sites excluding steroid dienone is 1. The lowest BCUT2D eigenvalue weighted by molar-refractivity contribution is 0.277. The van der Waals surface area contributed by atoms with Crippen LogP contribution in [0.5, 0.6) is 23.0 Å². The molecule has 0 atom stereocenters.